The van der Waals surface area contributed by atoms with Gasteiger partial charge in [-0.2, -0.15) is 0 Å². The summed E-state index contributed by atoms with van der Waals surface area (Å²) in [6.07, 6.45) is 12.9. The topological polar surface area (TPSA) is 17.0 Å². The first-order valence-corrected chi connectivity index (χ1v) is 7.10. The standard InChI is InChI=1S/C15H26N2/c1-13(15-7-5-3-4-6-8-15)16-11-14-9-10-17(2)12-14/h9-10,12-13,15-16H,3-8,11H2,1-2H3/t13-/m0/s1. The van der Waals surface area contributed by atoms with E-state index in [4.69, 9.17) is 0 Å². The minimum absolute atomic E-state index is 0.660. The van der Waals surface area contributed by atoms with Gasteiger partial charge in [-0.05, 0) is 37.3 Å². The van der Waals surface area contributed by atoms with Crippen LogP contribution in [-0.2, 0) is 13.6 Å². The van der Waals surface area contributed by atoms with Crippen molar-refractivity contribution < 1.29 is 0 Å². The van der Waals surface area contributed by atoms with E-state index in [9.17, 15) is 0 Å². The summed E-state index contributed by atoms with van der Waals surface area (Å²) in [7, 11) is 2.08. The smallest absolute Gasteiger partial charge is 0.0223 e. The van der Waals surface area contributed by atoms with Gasteiger partial charge < -0.3 is 9.88 Å². The molecule has 1 atom stereocenters. The van der Waals surface area contributed by atoms with Crippen LogP contribution in [0.5, 0.6) is 0 Å². The molecule has 2 rings (SSSR count). The van der Waals surface area contributed by atoms with E-state index >= 15 is 0 Å². The molecule has 1 heterocycles. The van der Waals surface area contributed by atoms with Gasteiger partial charge in [0.05, 0.1) is 0 Å². The van der Waals surface area contributed by atoms with Gasteiger partial charge in [0.25, 0.3) is 0 Å². The zero-order valence-corrected chi connectivity index (χ0v) is 11.3. The van der Waals surface area contributed by atoms with Crippen molar-refractivity contribution in [2.24, 2.45) is 13.0 Å². The van der Waals surface area contributed by atoms with E-state index in [2.05, 4.69) is 42.3 Å². The molecule has 0 aliphatic heterocycles. The van der Waals surface area contributed by atoms with Crippen molar-refractivity contribution >= 4 is 0 Å². The molecule has 1 saturated carbocycles. The maximum Gasteiger partial charge on any atom is 0.0223 e. The van der Waals surface area contributed by atoms with E-state index in [1.807, 2.05) is 0 Å². The van der Waals surface area contributed by atoms with Gasteiger partial charge in [0.2, 0.25) is 0 Å². The summed E-state index contributed by atoms with van der Waals surface area (Å²) >= 11 is 0. The third-order valence-electron chi connectivity index (χ3n) is 4.13. The van der Waals surface area contributed by atoms with Crippen molar-refractivity contribution in [1.82, 2.24) is 9.88 Å². The molecule has 0 saturated heterocycles. The Kier molecular flexibility index (Phi) is 4.66. The lowest BCUT2D eigenvalue weighted by atomic mass is 9.93. The molecule has 0 unspecified atom stereocenters. The fourth-order valence-electron chi connectivity index (χ4n) is 2.92. The van der Waals surface area contributed by atoms with Crippen LogP contribution in [0.15, 0.2) is 18.5 Å². The molecule has 1 aliphatic rings. The molecule has 17 heavy (non-hydrogen) atoms. The summed E-state index contributed by atoms with van der Waals surface area (Å²) in [6, 6.07) is 2.86. The second kappa shape index (κ2) is 6.25. The van der Waals surface area contributed by atoms with Crippen LogP contribution in [-0.4, -0.2) is 10.6 Å². The molecule has 1 aromatic heterocycles. The van der Waals surface area contributed by atoms with Crippen molar-refractivity contribution in [2.75, 3.05) is 0 Å². The highest BCUT2D eigenvalue weighted by molar-refractivity contribution is 5.09. The van der Waals surface area contributed by atoms with Crippen LogP contribution in [0.1, 0.15) is 51.0 Å². The molecule has 2 heteroatoms. The van der Waals surface area contributed by atoms with Crippen LogP contribution in [0, 0.1) is 5.92 Å². The number of nitrogens with zero attached hydrogens (tertiary/aromatic N) is 1. The Morgan fingerprint density at radius 3 is 2.59 bits per heavy atom. The molecule has 1 fully saturated rings. The lowest BCUT2D eigenvalue weighted by molar-refractivity contribution is 0.336. The summed E-state index contributed by atoms with van der Waals surface area (Å²) in [4.78, 5) is 0. The highest BCUT2D eigenvalue weighted by Gasteiger charge is 2.18. The molecule has 2 nitrogen and oxygen atoms in total. The van der Waals surface area contributed by atoms with Crippen LogP contribution >= 0.6 is 0 Å². The first kappa shape index (κ1) is 12.7. The minimum Gasteiger partial charge on any atom is -0.357 e. The van der Waals surface area contributed by atoms with Crippen LogP contribution < -0.4 is 5.32 Å². The van der Waals surface area contributed by atoms with Gasteiger partial charge in [-0.1, -0.05) is 25.7 Å². The highest BCUT2D eigenvalue weighted by Crippen LogP contribution is 2.25. The highest BCUT2D eigenvalue weighted by atomic mass is 14.9. The van der Waals surface area contributed by atoms with Gasteiger partial charge in [0.1, 0.15) is 0 Å². The predicted molar refractivity (Wildman–Crippen MR) is 72.9 cm³/mol. The molecule has 96 valence electrons. The maximum absolute atomic E-state index is 3.70. The van der Waals surface area contributed by atoms with Gasteiger partial charge in [-0.3, -0.25) is 0 Å². The average molecular weight is 234 g/mol. The lowest BCUT2D eigenvalue weighted by Crippen LogP contribution is -2.32. The molecular weight excluding hydrogens is 208 g/mol. The van der Waals surface area contributed by atoms with Crippen molar-refractivity contribution in [2.45, 2.75) is 58.0 Å². The molecule has 1 aromatic rings. The third kappa shape index (κ3) is 3.88. The number of hydrogen-bond donors (Lipinski definition) is 1. The van der Waals surface area contributed by atoms with E-state index in [0.29, 0.717) is 6.04 Å². The monoisotopic (exact) mass is 234 g/mol. The van der Waals surface area contributed by atoms with E-state index in [1.165, 1.54) is 44.1 Å². The summed E-state index contributed by atoms with van der Waals surface area (Å²) in [5.74, 6) is 0.890. The maximum atomic E-state index is 3.70. The molecule has 0 amide bonds. The van der Waals surface area contributed by atoms with Crippen LogP contribution in [0.25, 0.3) is 0 Å². The van der Waals surface area contributed by atoms with Crippen molar-refractivity contribution in [3.8, 4) is 0 Å². The SMILES string of the molecule is C[C@H](NCc1ccn(C)c1)C1CCCCCC1. The van der Waals surface area contributed by atoms with Crippen molar-refractivity contribution in [1.29, 1.82) is 0 Å². The van der Waals surface area contributed by atoms with Crippen LogP contribution in [0.2, 0.25) is 0 Å². The summed E-state index contributed by atoms with van der Waals surface area (Å²) < 4.78 is 2.12. The Morgan fingerprint density at radius 1 is 1.29 bits per heavy atom. The summed E-state index contributed by atoms with van der Waals surface area (Å²) in [5, 5.41) is 3.70. The second-order valence-electron chi connectivity index (χ2n) is 5.61. The van der Waals surface area contributed by atoms with Crippen LogP contribution in [0.4, 0.5) is 0 Å². The third-order valence-corrected chi connectivity index (χ3v) is 4.13. The van der Waals surface area contributed by atoms with E-state index < -0.39 is 0 Å². The minimum atomic E-state index is 0.660. The van der Waals surface area contributed by atoms with Gasteiger partial charge in [-0.25, -0.2) is 0 Å². The van der Waals surface area contributed by atoms with E-state index in [-0.39, 0.29) is 0 Å². The number of aromatic nitrogens is 1. The molecule has 0 bridgehead atoms. The van der Waals surface area contributed by atoms with E-state index in [1.54, 1.807) is 0 Å². The first-order valence-electron chi connectivity index (χ1n) is 7.10. The normalized spacial score (nSPS) is 20.1. The van der Waals surface area contributed by atoms with Gasteiger partial charge in [-0.15, -0.1) is 0 Å². The Bertz CT molecular complexity index is 321. The quantitative estimate of drug-likeness (QED) is 0.789. The lowest BCUT2D eigenvalue weighted by Gasteiger charge is -2.23. The fourth-order valence-corrected chi connectivity index (χ4v) is 2.92. The number of rotatable bonds is 4. The molecule has 1 N–H and O–H groups in total. The Labute approximate surface area is 105 Å². The number of aryl methyl sites for hydroxylation is 1. The molecule has 0 radical (unpaired) electrons. The van der Waals surface area contributed by atoms with Gasteiger partial charge in [0.15, 0.2) is 0 Å². The predicted octanol–water partition coefficient (Wildman–Crippen LogP) is 3.47. The number of nitrogens with one attached hydrogen (secondary N) is 1. The molecule has 0 spiro atoms. The second-order valence-corrected chi connectivity index (χ2v) is 5.61. The molecule has 1 aliphatic carbocycles. The van der Waals surface area contributed by atoms with Crippen LogP contribution in [0.3, 0.4) is 0 Å². The van der Waals surface area contributed by atoms with E-state index in [0.717, 1.165) is 12.5 Å². The zero-order chi connectivity index (χ0) is 12.1. The first-order chi connectivity index (χ1) is 8.25. The van der Waals surface area contributed by atoms with Crippen molar-refractivity contribution in [3.05, 3.63) is 24.0 Å². The fraction of sp³-hybridized carbons (Fsp3) is 0.733. The largest absolute Gasteiger partial charge is 0.357 e. The number of hydrogen-bond acceptors (Lipinski definition) is 1. The Balaban J connectivity index is 1.77. The zero-order valence-electron chi connectivity index (χ0n) is 11.3. The Hall–Kier alpha value is -0.760. The van der Waals surface area contributed by atoms with Gasteiger partial charge in [0, 0.05) is 32.0 Å². The van der Waals surface area contributed by atoms with Crippen molar-refractivity contribution in [3.63, 3.8) is 0 Å². The Morgan fingerprint density at radius 2 is 2.00 bits per heavy atom. The summed E-state index contributed by atoms with van der Waals surface area (Å²) in [6.45, 7) is 3.37. The summed E-state index contributed by atoms with van der Waals surface area (Å²) in [5.41, 5.74) is 1.40. The average Bonchev–Trinajstić information content (AvgIpc) is 2.58. The molecule has 0 aromatic carbocycles. The molecular formula is C15H26N2. The van der Waals surface area contributed by atoms with Gasteiger partial charge >= 0.3 is 0 Å².